The van der Waals surface area contributed by atoms with Crippen LogP contribution in [0.5, 0.6) is 0 Å². The molecule has 306 valence electrons. The number of nitrogens with one attached hydrogen (secondary N) is 2. The molecule has 12 nitrogen and oxygen atoms in total. The molecule has 5 aromatic carbocycles. The van der Waals surface area contributed by atoms with Gasteiger partial charge in [0.25, 0.3) is 15.7 Å². The molecule has 2 N–H and O–H groups in total. The molecule has 59 heavy (non-hydrogen) atoms. The van der Waals surface area contributed by atoms with Crippen LogP contribution in [0.25, 0.3) is 22.0 Å². The first-order valence-electron chi connectivity index (χ1n) is 19.5. The van der Waals surface area contributed by atoms with Gasteiger partial charge in [-0.25, -0.2) is 18.4 Å². The van der Waals surface area contributed by atoms with Gasteiger partial charge in [-0.3, -0.25) is 19.7 Å². The molecular weight excluding hydrogens is 804 g/mol. The topological polar surface area (TPSA) is 137 Å². The van der Waals surface area contributed by atoms with Gasteiger partial charge in [0, 0.05) is 71.6 Å². The third-order valence-electron chi connectivity index (χ3n) is 10.3. The Labute approximate surface area is 354 Å². The number of hydrogen-bond donors (Lipinski definition) is 2. The molecule has 1 aliphatic heterocycles. The van der Waals surface area contributed by atoms with E-state index in [1.807, 2.05) is 74.8 Å². The molecular formula is C44H47ClN8O4S2. The van der Waals surface area contributed by atoms with Gasteiger partial charge in [-0.15, -0.1) is 11.8 Å². The van der Waals surface area contributed by atoms with E-state index >= 15 is 0 Å². The van der Waals surface area contributed by atoms with Crippen molar-refractivity contribution >= 4 is 67.2 Å². The van der Waals surface area contributed by atoms with Gasteiger partial charge in [-0.2, -0.15) is 0 Å². The number of nitro groups is 1. The Bertz CT molecular complexity index is 2490. The molecule has 0 radical (unpaired) electrons. The highest BCUT2D eigenvalue weighted by Crippen LogP contribution is 2.33. The fourth-order valence-corrected chi connectivity index (χ4v) is 9.39. The third-order valence-corrected chi connectivity index (χ3v) is 13.1. The molecule has 6 aromatic rings. The fraction of sp³-hybridized carbons (Fsp3) is 0.273. The van der Waals surface area contributed by atoms with Gasteiger partial charge in [-0.1, -0.05) is 66.2 Å². The van der Waals surface area contributed by atoms with Gasteiger partial charge in [0.15, 0.2) is 5.82 Å². The maximum absolute atomic E-state index is 13.8. The first-order chi connectivity index (χ1) is 28.5. The predicted octanol–water partition coefficient (Wildman–Crippen LogP) is 8.90. The molecule has 1 saturated heterocycles. The number of anilines is 3. The molecule has 2 heterocycles. The minimum absolute atomic E-state index is 0.0921. The summed E-state index contributed by atoms with van der Waals surface area (Å²) in [7, 11) is -0.246. The molecule has 1 fully saturated rings. The van der Waals surface area contributed by atoms with Crippen LogP contribution in [0, 0.1) is 10.1 Å². The van der Waals surface area contributed by atoms with Crippen LogP contribution in [-0.2, 0) is 16.6 Å². The van der Waals surface area contributed by atoms with E-state index in [1.165, 1.54) is 29.6 Å². The molecule has 1 aliphatic rings. The minimum atomic E-state index is -4.27. The lowest BCUT2D eigenvalue weighted by molar-refractivity contribution is -0.384. The number of fused-ring (bicyclic) bond motifs is 1. The van der Waals surface area contributed by atoms with Gasteiger partial charge in [0.05, 0.1) is 15.3 Å². The van der Waals surface area contributed by atoms with E-state index in [2.05, 4.69) is 71.1 Å². The van der Waals surface area contributed by atoms with Crippen molar-refractivity contribution in [1.29, 1.82) is 0 Å². The Morgan fingerprint density at radius 1 is 0.898 bits per heavy atom. The first-order valence-corrected chi connectivity index (χ1v) is 22.3. The number of nitrogens with zero attached hydrogens (tertiary/aromatic N) is 6. The lowest BCUT2D eigenvalue weighted by atomic mass is 9.99. The second-order valence-corrected chi connectivity index (χ2v) is 18.0. The van der Waals surface area contributed by atoms with Crippen LogP contribution in [0.2, 0.25) is 5.02 Å². The van der Waals surface area contributed by atoms with Crippen LogP contribution < -0.4 is 14.9 Å². The largest absolute Gasteiger partial charge is 0.376 e. The van der Waals surface area contributed by atoms with Crippen molar-refractivity contribution in [3.63, 3.8) is 0 Å². The number of piperazine rings is 1. The SMILES string of the molecule is CN(C)CCC[C@H](CSc1ccccc1)Nc1ccc(S(=O)(=O)Nc2ncnc3cc(N4CCN(Cc5ccccc5-c5ccc(Cl)cc5)CC4)ccc23)cc1[N+](=O)[O-]. The quantitative estimate of drug-likeness (QED) is 0.0517. The van der Waals surface area contributed by atoms with Crippen LogP contribution in [0.3, 0.4) is 0 Å². The number of benzene rings is 5. The monoisotopic (exact) mass is 850 g/mol. The molecule has 0 amide bonds. The van der Waals surface area contributed by atoms with Crippen molar-refractivity contribution in [2.45, 2.75) is 35.2 Å². The van der Waals surface area contributed by atoms with Gasteiger partial charge in [-0.05, 0) is 105 Å². The van der Waals surface area contributed by atoms with Crippen LogP contribution in [0.1, 0.15) is 18.4 Å². The summed E-state index contributed by atoms with van der Waals surface area (Å²) in [5.74, 6) is 0.768. The summed E-state index contributed by atoms with van der Waals surface area (Å²) in [6.07, 6.45) is 2.98. The zero-order chi connectivity index (χ0) is 41.4. The lowest BCUT2D eigenvalue weighted by Crippen LogP contribution is -2.46. The van der Waals surface area contributed by atoms with Crippen LogP contribution in [-0.4, -0.2) is 91.7 Å². The molecule has 15 heteroatoms. The Kier molecular flexibility index (Phi) is 13.6. The molecule has 0 saturated carbocycles. The smallest absolute Gasteiger partial charge is 0.293 e. The first kappa shape index (κ1) is 41.9. The standard InChI is InChI=1S/C44H47ClN8O4S2/c1-50(2)22-8-10-35(30-58-37-11-4-3-5-12-37)48-41-21-19-38(28-43(41)53(54)55)59(56,57)49-44-40-20-18-36(27-42(40)46-31-47-44)52-25-23-51(24-26-52)29-33-9-6-7-13-39(33)32-14-16-34(45)17-15-32/h3-7,9,11-21,27-28,31,35,48H,8,10,22-26,29-30H2,1-2H3,(H,46,47,49)/t35-/m1/s1. The van der Waals surface area contributed by atoms with Crippen molar-refractivity contribution in [2.24, 2.45) is 0 Å². The van der Waals surface area contributed by atoms with E-state index in [1.54, 1.807) is 11.8 Å². The van der Waals surface area contributed by atoms with Crippen molar-refractivity contribution in [3.8, 4) is 11.1 Å². The van der Waals surface area contributed by atoms with Crippen molar-refractivity contribution in [2.75, 3.05) is 67.5 Å². The number of sulfonamides is 1. The summed E-state index contributed by atoms with van der Waals surface area (Å²) in [4.78, 5) is 28.2. The van der Waals surface area contributed by atoms with E-state index < -0.39 is 14.9 Å². The number of nitro benzene ring substituents is 1. The van der Waals surface area contributed by atoms with Crippen molar-refractivity contribution in [3.05, 3.63) is 142 Å². The maximum atomic E-state index is 13.8. The predicted molar refractivity (Wildman–Crippen MR) is 240 cm³/mol. The van der Waals surface area contributed by atoms with Gasteiger partial charge < -0.3 is 15.1 Å². The average molecular weight is 851 g/mol. The van der Waals surface area contributed by atoms with Gasteiger partial charge in [0.2, 0.25) is 0 Å². The fourth-order valence-electron chi connectivity index (χ4n) is 7.22. The van der Waals surface area contributed by atoms with E-state index in [0.29, 0.717) is 21.7 Å². The van der Waals surface area contributed by atoms with Crippen LogP contribution >= 0.6 is 23.4 Å². The molecule has 0 aliphatic carbocycles. The van der Waals surface area contributed by atoms with E-state index in [0.717, 1.165) is 74.3 Å². The third kappa shape index (κ3) is 10.9. The molecule has 1 atom stereocenters. The van der Waals surface area contributed by atoms with E-state index in [4.69, 9.17) is 11.6 Å². The molecule has 7 rings (SSSR count). The molecule has 0 unspecified atom stereocenters. The summed E-state index contributed by atoms with van der Waals surface area (Å²) >= 11 is 7.81. The van der Waals surface area contributed by atoms with Crippen molar-refractivity contribution < 1.29 is 13.3 Å². The molecule has 0 bridgehead atoms. The zero-order valence-electron chi connectivity index (χ0n) is 33.0. The van der Waals surface area contributed by atoms with Crippen LogP contribution in [0.15, 0.2) is 131 Å². The summed E-state index contributed by atoms with van der Waals surface area (Å²) < 4.78 is 30.1. The highest BCUT2D eigenvalue weighted by atomic mass is 35.5. The summed E-state index contributed by atoms with van der Waals surface area (Å²) in [5.41, 5.74) is 5.10. The number of thioether (sulfide) groups is 1. The summed E-state index contributed by atoms with van der Waals surface area (Å²) in [6, 6.07) is 36.0. The Morgan fingerprint density at radius 2 is 1.64 bits per heavy atom. The Hall–Kier alpha value is -5.25. The lowest BCUT2D eigenvalue weighted by Gasteiger charge is -2.36. The number of rotatable bonds is 17. The van der Waals surface area contributed by atoms with Crippen molar-refractivity contribution in [1.82, 2.24) is 19.8 Å². The molecule has 0 spiro atoms. The highest BCUT2D eigenvalue weighted by molar-refractivity contribution is 7.99. The van der Waals surface area contributed by atoms with Crippen LogP contribution in [0.4, 0.5) is 22.9 Å². The number of aromatic nitrogens is 2. The van der Waals surface area contributed by atoms with Gasteiger partial charge in [0.1, 0.15) is 12.0 Å². The number of hydrogen-bond acceptors (Lipinski definition) is 11. The Morgan fingerprint density at radius 3 is 2.39 bits per heavy atom. The van der Waals surface area contributed by atoms with E-state index in [9.17, 15) is 18.5 Å². The van der Waals surface area contributed by atoms with E-state index in [-0.39, 0.29) is 28.1 Å². The summed E-state index contributed by atoms with van der Waals surface area (Å²) in [5, 5.41) is 16.9. The average Bonchev–Trinajstić information content (AvgIpc) is 3.23. The second-order valence-electron chi connectivity index (χ2n) is 14.8. The minimum Gasteiger partial charge on any atom is -0.376 e. The zero-order valence-corrected chi connectivity index (χ0v) is 35.4. The molecule has 1 aromatic heterocycles. The normalized spacial score (nSPS) is 14.1. The number of halogens is 1. The Balaban J connectivity index is 1.02. The van der Waals surface area contributed by atoms with Gasteiger partial charge >= 0.3 is 0 Å². The maximum Gasteiger partial charge on any atom is 0.293 e. The second kappa shape index (κ2) is 19.2. The highest BCUT2D eigenvalue weighted by Gasteiger charge is 2.25. The summed E-state index contributed by atoms with van der Waals surface area (Å²) in [6.45, 7) is 5.06.